The van der Waals surface area contributed by atoms with Gasteiger partial charge in [0.2, 0.25) is 0 Å². The first-order valence-electron chi connectivity index (χ1n) is 4.41. The number of nitrogens with one attached hydrogen (secondary N) is 1. The van der Waals surface area contributed by atoms with Gasteiger partial charge in [0.05, 0.1) is 11.1 Å². The van der Waals surface area contributed by atoms with Gasteiger partial charge in [-0.15, -0.1) is 5.10 Å². The van der Waals surface area contributed by atoms with Crippen LogP contribution in [0.2, 0.25) is 0 Å². The Hall–Kier alpha value is -1.26. The fraction of sp³-hybridized carbons (Fsp3) is 0.200. The molecule has 72 valence electrons. The molecule has 2 aromatic rings. The summed E-state index contributed by atoms with van der Waals surface area (Å²) in [5.74, 6) is 0. The van der Waals surface area contributed by atoms with Gasteiger partial charge in [-0.05, 0) is 29.7 Å². The summed E-state index contributed by atoms with van der Waals surface area (Å²) in [6.45, 7) is 0.904. The fourth-order valence-corrected chi connectivity index (χ4v) is 1.80. The second kappa shape index (κ2) is 4.30. The zero-order valence-corrected chi connectivity index (χ0v) is 8.71. The van der Waals surface area contributed by atoms with E-state index in [9.17, 15) is 0 Å². The maximum atomic E-state index is 3.84. The largest absolute Gasteiger partial charge is 0.316 e. The highest BCUT2D eigenvalue weighted by atomic mass is 32.1. The van der Waals surface area contributed by atoms with E-state index in [1.54, 1.807) is 6.20 Å². The van der Waals surface area contributed by atoms with Gasteiger partial charge >= 0.3 is 0 Å². The Morgan fingerprint density at radius 2 is 2.07 bits per heavy atom. The monoisotopic (exact) mass is 205 g/mol. The lowest BCUT2D eigenvalue weighted by molar-refractivity contribution is 0.818. The standard InChI is InChI=1S/C10H11N3S/c1-11-6-8-2-4-9(5-3-8)10-7-12-13-14-10/h2-5,7,11H,6H2,1H3. The van der Waals surface area contributed by atoms with Crippen LogP contribution in [0, 0.1) is 0 Å². The second-order valence-corrected chi connectivity index (χ2v) is 3.79. The summed E-state index contributed by atoms with van der Waals surface area (Å²) in [6.07, 6.45) is 1.79. The number of rotatable bonds is 3. The van der Waals surface area contributed by atoms with E-state index >= 15 is 0 Å². The van der Waals surface area contributed by atoms with Crippen molar-refractivity contribution in [2.75, 3.05) is 7.05 Å². The molecule has 0 radical (unpaired) electrons. The maximum Gasteiger partial charge on any atom is 0.0753 e. The minimum Gasteiger partial charge on any atom is -0.316 e. The summed E-state index contributed by atoms with van der Waals surface area (Å²) in [6, 6.07) is 8.43. The molecule has 0 saturated carbocycles. The molecule has 4 heteroatoms. The van der Waals surface area contributed by atoms with E-state index in [0.717, 1.165) is 11.4 Å². The highest BCUT2D eigenvalue weighted by molar-refractivity contribution is 7.09. The van der Waals surface area contributed by atoms with Gasteiger partial charge in [-0.25, -0.2) is 0 Å². The van der Waals surface area contributed by atoms with Crippen LogP contribution in [0.5, 0.6) is 0 Å². The minimum atomic E-state index is 0.904. The van der Waals surface area contributed by atoms with Gasteiger partial charge in [0.15, 0.2) is 0 Å². The number of benzene rings is 1. The molecule has 1 N–H and O–H groups in total. The van der Waals surface area contributed by atoms with Crippen molar-refractivity contribution in [1.29, 1.82) is 0 Å². The molecule has 0 unspecified atom stereocenters. The summed E-state index contributed by atoms with van der Waals surface area (Å²) in [5, 5.41) is 6.93. The molecule has 0 aliphatic carbocycles. The Balaban J connectivity index is 2.22. The van der Waals surface area contributed by atoms with Gasteiger partial charge in [0.1, 0.15) is 0 Å². The van der Waals surface area contributed by atoms with Crippen LogP contribution in [-0.2, 0) is 6.54 Å². The Labute approximate surface area is 87.0 Å². The van der Waals surface area contributed by atoms with Crippen molar-refractivity contribution in [3.8, 4) is 10.4 Å². The fourth-order valence-electron chi connectivity index (χ4n) is 1.29. The van der Waals surface area contributed by atoms with Crippen molar-refractivity contribution in [1.82, 2.24) is 14.9 Å². The van der Waals surface area contributed by atoms with Crippen LogP contribution in [-0.4, -0.2) is 16.6 Å². The lowest BCUT2D eigenvalue weighted by atomic mass is 10.1. The molecular formula is C10H11N3S. The molecule has 0 spiro atoms. The Morgan fingerprint density at radius 1 is 1.29 bits per heavy atom. The predicted molar refractivity (Wildman–Crippen MR) is 58.1 cm³/mol. The van der Waals surface area contributed by atoms with Gasteiger partial charge in [-0.1, -0.05) is 28.8 Å². The molecule has 0 aliphatic heterocycles. The first-order valence-corrected chi connectivity index (χ1v) is 5.19. The van der Waals surface area contributed by atoms with E-state index in [-0.39, 0.29) is 0 Å². The molecule has 3 nitrogen and oxygen atoms in total. The third kappa shape index (κ3) is 1.97. The normalized spacial score (nSPS) is 10.4. The summed E-state index contributed by atoms with van der Waals surface area (Å²) in [4.78, 5) is 1.11. The molecule has 1 aromatic heterocycles. The number of aromatic nitrogens is 2. The van der Waals surface area contributed by atoms with Gasteiger partial charge < -0.3 is 5.32 Å². The third-order valence-corrected chi connectivity index (χ3v) is 2.69. The van der Waals surface area contributed by atoms with Crippen LogP contribution in [0.25, 0.3) is 10.4 Å². The molecule has 1 aromatic carbocycles. The quantitative estimate of drug-likeness (QED) is 0.832. The molecule has 0 bridgehead atoms. The Bertz CT molecular complexity index is 380. The number of hydrogen-bond acceptors (Lipinski definition) is 4. The number of hydrogen-bond donors (Lipinski definition) is 1. The zero-order valence-electron chi connectivity index (χ0n) is 7.90. The van der Waals surface area contributed by atoms with Crippen molar-refractivity contribution >= 4 is 11.5 Å². The predicted octanol–water partition coefficient (Wildman–Crippen LogP) is 1.92. The van der Waals surface area contributed by atoms with Crippen molar-refractivity contribution in [3.05, 3.63) is 36.0 Å². The average molecular weight is 205 g/mol. The Kier molecular flexibility index (Phi) is 2.86. The molecule has 0 amide bonds. The lowest BCUT2D eigenvalue weighted by Crippen LogP contribution is -2.04. The van der Waals surface area contributed by atoms with Crippen molar-refractivity contribution < 1.29 is 0 Å². The van der Waals surface area contributed by atoms with Gasteiger partial charge in [-0.3, -0.25) is 0 Å². The first-order chi connectivity index (χ1) is 6.90. The molecule has 0 fully saturated rings. The van der Waals surface area contributed by atoms with Crippen LogP contribution < -0.4 is 5.32 Å². The topological polar surface area (TPSA) is 37.8 Å². The summed E-state index contributed by atoms with van der Waals surface area (Å²) < 4.78 is 3.84. The van der Waals surface area contributed by atoms with E-state index in [2.05, 4.69) is 39.2 Å². The smallest absolute Gasteiger partial charge is 0.0753 e. The highest BCUT2D eigenvalue weighted by Gasteiger charge is 1.99. The van der Waals surface area contributed by atoms with Crippen molar-refractivity contribution in [3.63, 3.8) is 0 Å². The summed E-state index contributed by atoms with van der Waals surface area (Å²) in [5.41, 5.74) is 2.47. The van der Waals surface area contributed by atoms with Crippen molar-refractivity contribution in [2.45, 2.75) is 6.54 Å². The molecule has 0 saturated heterocycles. The van der Waals surface area contributed by atoms with E-state index in [4.69, 9.17) is 0 Å². The number of nitrogens with zero attached hydrogens (tertiary/aromatic N) is 2. The molecule has 2 rings (SSSR count). The van der Waals surface area contributed by atoms with E-state index in [1.807, 2.05) is 7.05 Å². The van der Waals surface area contributed by atoms with Gasteiger partial charge in [-0.2, -0.15) is 0 Å². The molecule has 1 heterocycles. The summed E-state index contributed by atoms with van der Waals surface area (Å²) >= 11 is 1.42. The molecule has 14 heavy (non-hydrogen) atoms. The SMILES string of the molecule is CNCc1ccc(-c2cnns2)cc1. The molecule has 0 atom stereocenters. The Morgan fingerprint density at radius 3 is 2.64 bits per heavy atom. The van der Waals surface area contributed by atoms with Gasteiger partial charge in [0, 0.05) is 6.54 Å². The second-order valence-electron chi connectivity index (χ2n) is 3.01. The molecular weight excluding hydrogens is 194 g/mol. The van der Waals surface area contributed by atoms with Crippen LogP contribution in [0.3, 0.4) is 0 Å². The zero-order chi connectivity index (χ0) is 9.80. The van der Waals surface area contributed by atoms with Crippen LogP contribution >= 0.6 is 11.5 Å². The highest BCUT2D eigenvalue weighted by Crippen LogP contribution is 2.21. The summed E-state index contributed by atoms with van der Waals surface area (Å²) in [7, 11) is 1.95. The first kappa shape index (κ1) is 9.30. The van der Waals surface area contributed by atoms with E-state index in [1.165, 1.54) is 22.7 Å². The van der Waals surface area contributed by atoms with Crippen LogP contribution in [0.4, 0.5) is 0 Å². The average Bonchev–Trinajstić information content (AvgIpc) is 2.72. The van der Waals surface area contributed by atoms with Crippen LogP contribution in [0.15, 0.2) is 30.5 Å². The molecule has 0 aliphatic rings. The lowest BCUT2D eigenvalue weighted by Gasteiger charge is -2.00. The minimum absolute atomic E-state index is 0.904. The van der Waals surface area contributed by atoms with E-state index < -0.39 is 0 Å². The van der Waals surface area contributed by atoms with Crippen LogP contribution in [0.1, 0.15) is 5.56 Å². The van der Waals surface area contributed by atoms with Crippen molar-refractivity contribution in [2.24, 2.45) is 0 Å². The van der Waals surface area contributed by atoms with E-state index in [0.29, 0.717) is 0 Å². The maximum absolute atomic E-state index is 3.84. The third-order valence-electron chi connectivity index (χ3n) is 1.98. The van der Waals surface area contributed by atoms with Gasteiger partial charge in [0.25, 0.3) is 0 Å².